The van der Waals surface area contributed by atoms with Crippen molar-refractivity contribution in [2.45, 2.75) is 27.2 Å². The summed E-state index contributed by atoms with van der Waals surface area (Å²) in [5.41, 5.74) is 3.28. The summed E-state index contributed by atoms with van der Waals surface area (Å²) in [6, 6.07) is 6.06. The van der Waals surface area contributed by atoms with Gasteiger partial charge in [-0.2, -0.15) is 0 Å². The Morgan fingerprint density at radius 3 is 2.90 bits per heavy atom. The normalized spacial score (nSPS) is 18.3. The molecule has 0 radical (unpaired) electrons. The van der Waals surface area contributed by atoms with Crippen molar-refractivity contribution in [2.24, 2.45) is 5.92 Å². The largest absolute Gasteiger partial charge is 0.324 e. The molecule has 1 aliphatic heterocycles. The quantitative estimate of drug-likeness (QED) is 0.924. The number of nitrogens with zero attached hydrogens (tertiary/aromatic N) is 2. The predicted molar refractivity (Wildman–Crippen MR) is 87.8 cm³/mol. The fourth-order valence-corrected chi connectivity index (χ4v) is 2.82. The van der Waals surface area contributed by atoms with E-state index in [-0.39, 0.29) is 6.03 Å². The van der Waals surface area contributed by atoms with Gasteiger partial charge >= 0.3 is 6.03 Å². The topological polar surface area (TPSA) is 35.6 Å². The van der Waals surface area contributed by atoms with Crippen molar-refractivity contribution in [1.82, 2.24) is 9.80 Å². The number of likely N-dealkylation sites (tertiary alicyclic amines) is 1. The summed E-state index contributed by atoms with van der Waals surface area (Å²) in [6.45, 7) is 10.1. The Labute approximate surface area is 128 Å². The molecule has 2 amide bonds. The molecular formula is C17H27N3O. The van der Waals surface area contributed by atoms with Crippen molar-refractivity contribution in [3.05, 3.63) is 29.3 Å². The van der Waals surface area contributed by atoms with Gasteiger partial charge in [0.1, 0.15) is 0 Å². The number of benzene rings is 1. The van der Waals surface area contributed by atoms with Crippen LogP contribution in [0.15, 0.2) is 18.2 Å². The molecular weight excluding hydrogens is 262 g/mol. The smallest absolute Gasteiger partial charge is 0.321 e. The van der Waals surface area contributed by atoms with Gasteiger partial charge in [-0.3, -0.25) is 0 Å². The van der Waals surface area contributed by atoms with Gasteiger partial charge in [-0.05, 0) is 57.0 Å². The van der Waals surface area contributed by atoms with Gasteiger partial charge in [-0.15, -0.1) is 0 Å². The SMILES string of the molecule is CCN(C)C[C@@H]1CCN(C(=O)Nc2cccc(C)c2C)C1. The molecule has 0 saturated carbocycles. The molecule has 1 aliphatic rings. The summed E-state index contributed by atoms with van der Waals surface area (Å²) < 4.78 is 0. The van der Waals surface area contributed by atoms with Crippen LogP contribution in [0.2, 0.25) is 0 Å². The second-order valence-corrected chi connectivity index (χ2v) is 6.13. The average molecular weight is 289 g/mol. The number of carbonyl (C=O) groups is 1. The Kier molecular flexibility index (Phi) is 5.23. The van der Waals surface area contributed by atoms with Gasteiger partial charge in [0.2, 0.25) is 0 Å². The Morgan fingerprint density at radius 2 is 2.19 bits per heavy atom. The first-order valence-corrected chi connectivity index (χ1v) is 7.82. The number of urea groups is 1. The Bertz CT molecular complexity index is 501. The number of rotatable bonds is 4. The number of amides is 2. The first-order valence-electron chi connectivity index (χ1n) is 7.82. The molecule has 0 aliphatic carbocycles. The van der Waals surface area contributed by atoms with Crippen molar-refractivity contribution in [1.29, 1.82) is 0 Å². The molecule has 0 aromatic heterocycles. The zero-order valence-corrected chi connectivity index (χ0v) is 13.6. The van der Waals surface area contributed by atoms with Gasteiger partial charge in [0.05, 0.1) is 0 Å². The Balaban J connectivity index is 1.91. The van der Waals surface area contributed by atoms with E-state index in [0.717, 1.165) is 43.9 Å². The molecule has 1 atom stereocenters. The minimum absolute atomic E-state index is 0.0327. The molecule has 0 spiro atoms. The summed E-state index contributed by atoms with van der Waals surface area (Å²) in [6.07, 6.45) is 1.10. The molecule has 4 nitrogen and oxygen atoms in total. The van der Waals surface area contributed by atoms with Gasteiger partial charge in [0.15, 0.2) is 0 Å². The van der Waals surface area contributed by atoms with Crippen LogP contribution in [0.1, 0.15) is 24.5 Å². The lowest BCUT2D eigenvalue weighted by atomic mass is 10.1. The van der Waals surface area contributed by atoms with Gasteiger partial charge in [-0.1, -0.05) is 19.1 Å². The number of carbonyl (C=O) groups excluding carboxylic acids is 1. The monoisotopic (exact) mass is 289 g/mol. The molecule has 1 heterocycles. The maximum Gasteiger partial charge on any atom is 0.321 e. The van der Waals surface area contributed by atoms with Crippen LogP contribution in [-0.4, -0.2) is 49.1 Å². The number of anilines is 1. The second-order valence-electron chi connectivity index (χ2n) is 6.13. The highest BCUT2D eigenvalue weighted by molar-refractivity contribution is 5.90. The van der Waals surface area contributed by atoms with E-state index in [9.17, 15) is 4.79 Å². The van der Waals surface area contributed by atoms with Crippen LogP contribution in [0.4, 0.5) is 10.5 Å². The molecule has 2 rings (SSSR count). The fraction of sp³-hybridized carbons (Fsp3) is 0.588. The maximum atomic E-state index is 12.4. The minimum atomic E-state index is 0.0327. The molecule has 0 bridgehead atoms. The molecule has 21 heavy (non-hydrogen) atoms. The number of nitrogens with one attached hydrogen (secondary N) is 1. The van der Waals surface area contributed by atoms with E-state index in [0.29, 0.717) is 5.92 Å². The van der Waals surface area contributed by atoms with E-state index < -0.39 is 0 Å². The number of hydrogen-bond acceptors (Lipinski definition) is 2. The van der Waals surface area contributed by atoms with Gasteiger partial charge in [0, 0.05) is 25.3 Å². The van der Waals surface area contributed by atoms with Crippen LogP contribution >= 0.6 is 0 Å². The van der Waals surface area contributed by atoms with Crippen LogP contribution in [0.5, 0.6) is 0 Å². The van der Waals surface area contributed by atoms with Crippen LogP contribution in [-0.2, 0) is 0 Å². The Hall–Kier alpha value is -1.55. The zero-order valence-electron chi connectivity index (χ0n) is 13.6. The van der Waals surface area contributed by atoms with Crippen molar-refractivity contribution in [3.8, 4) is 0 Å². The molecule has 1 fully saturated rings. The summed E-state index contributed by atoms with van der Waals surface area (Å²) >= 11 is 0. The third kappa shape index (κ3) is 3.97. The van der Waals surface area contributed by atoms with Crippen LogP contribution in [0.3, 0.4) is 0 Å². The van der Waals surface area contributed by atoms with E-state index in [4.69, 9.17) is 0 Å². The minimum Gasteiger partial charge on any atom is -0.324 e. The zero-order chi connectivity index (χ0) is 15.4. The van der Waals surface area contributed by atoms with Crippen LogP contribution < -0.4 is 5.32 Å². The van der Waals surface area contributed by atoms with E-state index in [1.54, 1.807) is 0 Å². The predicted octanol–water partition coefficient (Wildman–Crippen LogP) is 3.11. The van der Waals surface area contributed by atoms with Crippen LogP contribution in [0.25, 0.3) is 0 Å². The van der Waals surface area contributed by atoms with E-state index >= 15 is 0 Å². The van der Waals surface area contributed by atoms with E-state index in [2.05, 4.69) is 37.2 Å². The molecule has 1 N–H and O–H groups in total. The first-order chi connectivity index (χ1) is 10.0. The summed E-state index contributed by atoms with van der Waals surface area (Å²) in [4.78, 5) is 16.6. The van der Waals surface area contributed by atoms with Crippen molar-refractivity contribution in [2.75, 3.05) is 38.5 Å². The fourth-order valence-electron chi connectivity index (χ4n) is 2.82. The lowest BCUT2D eigenvalue weighted by molar-refractivity contribution is 0.218. The lowest BCUT2D eigenvalue weighted by Gasteiger charge is -2.21. The molecule has 1 aromatic carbocycles. The first kappa shape index (κ1) is 15.8. The Morgan fingerprint density at radius 1 is 1.43 bits per heavy atom. The van der Waals surface area contributed by atoms with Gasteiger partial charge < -0.3 is 15.1 Å². The number of hydrogen-bond donors (Lipinski definition) is 1. The van der Waals surface area contributed by atoms with Crippen molar-refractivity contribution >= 4 is 11.7 Å². The molecule has 1 saturated heterocycles. The maximum absolute atomic E-state index is 12.4. The summed E-state index contributed by atoms with van der Waals surface area (Å²) in [7, 11) is 2.14. The standard InChI is InChI=1S/C17H27N3O/c1-5-19(4)11-15-9-10-20(12-15)17(21)18-16-8-6-7-13(2)14(16)3/h6-8,15H,5,9-12H2,1-4H3,(H,18,21)/t15-/m0/s1. The lowest BCUT2D eigenvalue weighted by Crippen LogP contribution is -2.34. The molecule has 0 unspecified atom stereocenters. The van der Waals surface area contributed by atoms with Gasteiger partial charge in [0.25, 0.3) is 0 Å². The molecule has 4 heteroatoms. The van der Waals surface area contributed by atoms with E-state index in [1.807, 2.05) is 24.0 Å². The average Bonchev–Trinajstić information content (AvgIpc) is 2.92. The highest BCUT2D eigenvalue weighted by Gasteiger charge is 2.27. The highest BCUT2D eigenvalue weighted by Crippen LogP contribution is 2.21. The van der Waals surface area contributed by atoms with E-state index in [1.165, 1.54) is 5.56 Å². The highest BCUT2D eigenvalue weighted by atomic mass is 16.2. The van der Waals surface area contributed by atoms with Crippen molar-refractivity contribution < 1.29 is 4.79 Å². The second kappa shape index (κ2) is 6.94. The summed E-state index contributed by atoms with van der Waals surface area (Å²) in [5, 5.41) is 3.05. The summed E-state index contributed by atoms with van der Waals surface area (Å²) in [5.74, 6) is 0.597. The number of aryl methyl sites for hydroxylation is 1. The third-order valence-electron chi connectivity index (χ3n) is 4.53. The van der Waals surface area contributed by atoms with Crippen LogP contribution in [0, 0.1) is 19.8 Å². The van der Waals surface area contributed by atoms with Gasteiger partial charge in [-0.25, -0.2) is 4.79 Å². The molecule has 116 valence electrons. The molecule has 1 aromatic rings. The third-order valence-corrected chi connectivity index (χ3v) is 4.53. The van der Waals surface area contributed by atoms with Crippen molar-refractivity contribution in [3.63, 3.8) is 0 Å².